The van der Waals surface area contributed by atoms with Gasteiger partial charge in [0.25, 0.3) is 0 Å². The quantitative estimate of drug-likeness (QED) is 0.355. The number of rotatable bonds is 5. The van der Waals surface area contributed by atoms with Crippen molar-refractivity contribution in [2.75, 3.05) is 6.61 Å². The van der Waals surface area contributed by atoms with Gasteiger partial charge in [-0.1, -0.05) is 0 Å². The lowest BCUT2D eigenvalue weighted by atomic mass is 10.1. The fourth-order valence-corrected chi connectivity index (χ4v) is 0.597. The molecule has 0 aliphatic heterocycles. The second-order valence-electron chi connectivity index (χ2n) is 2.31. The van der Waals surface area contributed by atoms with Gasteiger partial charge in [0.05, 0.1) is 6.61 Å². The van der Waals surface area contributed by atoms with E-state index in [1.165, 1.54) is 0 Å². The van der Waals surface area contributed by atoms with Crippen molar-refractivity contribution in [1.82, 2.24) is 0 Å². The molecule has 0 amide bonds. The van der Waals surface area contributed by atoms with Crippen LogP contribution in [0, 0.1) is 0 Å². The number of aliphatic hydroxyl groups is 4. The lowest BCUT2D eigenvalue weighted by Gasteiger charge is -2.20. The molecule has 0 bridgehead atoms. The zero-order chi connectivity index (χ0) is 9.72. The van der Waals surface area contributed by atoms with Crippen LogP contribution in [0.15, 0.2) is 0 Å². The third-order valence-electron chi connectivity index (χ3n) is 1.37. The fourth-order valence-electron chi connectivity index (χ4n) is 0.597. The van der Waals surface area contributed by atoms with Crippen molar-refractivity contribution in [3.8, 4) is 0 Å². The highest BCUT2D eigenvalue weighted by molar-refractivity contribution is 5.56. The molecule has 4 atom stereocenters. The van der Waals surface area contributed by atoms with Crippen LogP contribution in [-0.2, 0) is 4.79 Å². The summed E-state index contributed by atoms with van der Waals surface area (Å²) < 4.78 is 12.6. The summed E-state index contributed by atoms with van der Waals surface area (Å²) in [6, 6.07) is 0. The van der Waals surface area contributed by atoms with Crippen LogP contribution in [-0.4, -0.2) is 57.8 Å². The highest BCUT2D eigenvalue weighted by Crippen LogP contribution is 2.07. The molecule has 0 aliphatic rings. The Labute approximate surface area is 68.1 Å². The fraction of sp³-hybridized carbons (Fsp3) is 0.833. The first-order valence-corrected chi connectivity index (χ1v) is 3.29. The zero-order valence-corrected chi connectivity index (χ0v) is 6.17. The average Bonchev–Trinajstić information content (AvgIpc) is 2.12. The first-order valence-electron chi connectivity index (χ1n) is 3.29. The molecule has 0 radical (unpaired) electrons. The minimum Gasteiger partial charge on any atom is -0.394 e. The molecule has 72 valence electrons. The molecular weight excluding hydrogens is 171 g/mol. The van der Waals surface area contributed by atoms with Gasteiger partial charge in [-0.05, 0) is 0 Å². The van der Waals surface area contributed by atoms with Crippen LogP contribution in [0.5, 0.6) is 0 Å². The molecule has 0 aromatic heterocycles. The summed E-state index contributed by atoms with van der Waals surface area (Å²) in [6.07, 6.45) is -7.99. The highest BCUT2D eigenvalue weighted by atomic mass is 19.1. The normalized spacial score (nSPS) is 21.1. The first kappa shape index (κ1) is 11.4. The molecule has 0 saturated heterocycles. The molecule has 0 aromatic carbocycles. The maximum absolute atomic E-state index is 12.6. The molecule has 5 nitrogen and oxygen atoms in total. The SMILES string of the molecule is O=C[C@@H](O)[C@H](O)[C@H](F)[C@@H](O)CO. The Morgan fingerprint density at radius 3 is 2.17 bits per heavy atom. The van der Waals surface area contributed by atoms with Gasteiger partial charge in [0.2, 0.25) is 0 Å². The predicted octanol–water partition coefficient (Wildman–Crippen LogP) is -2.40. The Morgan fingerprint density at radius 1 is 1.33 bits per heavy atom. The van der Waals surface area contributed by atoms with E-state index in [4.69, 9.17) is 20.4 Å². The molecule has 0 unspecified atom stereocenters. The Hall–Kier alpha value is -0.560. The summed E-state index contributed by atoms with van der Waals surface area (Å²) in [4.78, 5) is 9.84. The molecule has 0 saturated carbocycles. The number of halogens is 1. The second-order valence-corrected chi connectivity index (χ2v) is 2.31. The maximum atomic E-state index is 12.6. The van der Waals surface area contributed by atoms with Crippen molar-refractivity contribution in [3.63, 3.8) is 0 Å². The summed E-state index contributed by atoms with van der Waals surface area (Å²) in [5.74, 6) is 0. The molecule has 0 spiro atoms. The van der Waals surface area contributed by atoms with Crippen LogP contribution < -0.4 is 0 Å². The van der Waals surface area contributed by atoms with Gasteiger partial charge < -0.3 is 25.2 Å². The maximum Gasteiger partial charge on any atom is 0.157 e. The number of hydrogen-bond acceptors (Lipinski definition) is 5. The molecular formula is C6H11FO5. The molecule has 0 aromatic rings. The van der Waals surface area contributed by atoms with Gasteiger partial charge >= 0.3 is 0 Å². The van der Waals surface area contributed by atoms with Crippen LogP contribution in [0.3, 0.4) is 0 Å². The molecule has 0 heterocycles. The molecule has 4 N–H and O–H groups in total. The minimum atomic E-state index is -2.24. The lowest BCUT2D eigenvalue weighted by molar-refractivity contribution is -0.127. The number of hydrogen-bond donors (Lipinski definition) is 4. The van der Waals surface area contributed by atoms with Gasteiger partial charge in [0, 0.05) is 0 Å². The molecule has 0 aliphatic carbocycles. The van der Waals surface area contributed by atoms with Crippen molar-refractivity contribution in [3.05, 3.63) is 0 Å². The predicted molar refractivity (Wildman–Crippen MR) is 36.1 cm³/mol. The van der Waals surface area contributed by atoms with Crippen LogP contribution in [0.2, 0.25) is 0 Å². The van der Waals surface area contributed by atoms with E-state index in [0.717, 1.165) is 0 Å². The van der Waals surface area contributed by atoms with Gasteiger partial charge in [0.1, 0.15) is 18.3 Å². The summed E-state index contributed by atoms with van der Waals surface area (Å²) >= 11 is 0. The summed E-state index contributed by atoms with van der Waals surface area (Å²) in [7, 11) is 0. The number of aldehydes is 1. The van der Waals surface area contributed by atoms with E-state index < -0.39 is 31.1 Å². The average molecular weight is 182 g/mol. The highest BCUT2D eigenvalue weighted by Gasteiger charge is 2.31. The van der Waals surface area contributed by atoms with Gasteiger partial charge in [0.15, 0.2) is 12.5 Å². The molecule has 6 heteroatoms. The van der Waals surface area contributed by atoms with Crippen LogP contribution in [0.25, 0.3) is 0 Å². The smallest absolute Gasteiger partial charge is 0.157 e. The van der Waals surface area contributed by atoms with E-state index in [1.807, 2.05) is 0 Å². The number of aliphatic hydroxyl groups excluding tert-OH is 4. The van der Waals surface area contributed by atoms with Crippen molar-refractivity contribution in [2.24, 2.45) is 0 Å². The zero-order valence-electron chi connectivity index (χ0n) is 6.17. The third kappa shape index (κ3) is 2.82. The third-order valence-corrected chi connectivity index (χ3v) is 1.37. The largest absolute Gasteiger partial charge is 0.394 e. The molecule has 0 fully saturated rings. The Morgan fingerprint density at radius 2 is 1.83 bits per heavy atom. The Kier molecular flexibility index (Phi) is 4.91. The van der Waals surface area contributed by atoms with Gasteiger partial charge in [-0.2, -0.15) is 0 Å². The molecule has 0 rings (SSSR count). The van der Waals surface area contributed by atoms with E-state index in [1.54, 1.807) is 0 Å². The van der Waals surface area contributed by atoms with Crippen LogP contribution in [0.1, 0.15) is 0 Å². The summed E-state index contributed by atoms with van der Waals surface area (Å²) in [5.41, 5.74) is 0. The summed E-state index contributed by atoms with van der Waals surface area (Å²) in [6.45, 7) is -0.885. The van der Waals surface area contributed by atoms with E-state index in [9.17, 15) is 9.18 Å². The van der Waals surface area contributed by atoms with Gasteiger partial charge in [-0.25, -0.2) is 4.39 Å². The van der Waals surface area contributed by atoms with Crippen molar-refractivity contribution >= 4 is 6.29 Å². The van der Waals surface area contributed by atoms with E-state index >= 15 is 0 Å². The van der Waals surface area contributed by atoms with Crippen molar-refractivity contribution in [1.29, 1.82) is 0 Å². The monoisotopic (exact) mass is 182 g/mol. The van der Waals surface area contributed by atoms with Crippen molar-refractivity contribution in [2.45, 2.75) is 24.5 Å². The number of carbonyl (C=O) groups is 1. The van der Waals surface area contributed by atoms with Crippen LogP contribution in [0.4, 0.5) is 4.39 Å². The molecule has 12 heavy (non-hydrogen) atoms. The van der Waals surface area contributed by atoms with Gasteiger partial charge in [-0.3, -0.25) is 0 Å². The Bertz CT molecular complexity index is 142. The number of alkyl halides is 1. The number of carbonyl (C=O) groups excluding carboxylic acids is 1. The standard InChI is InChI=1S/C6H11FO5/c7-5(3(10)1-8)6(12)4(11)2-9/h2-6,8,10-12H,1H2/t3-,4+,5+,6-/m0/s1. The van der Waals surface area contributed by atoms with E-state index in [0.29, 0.717) is 0 Å². The minimum absolute atomic E-state index is 0.0542. The van der Waals surface area contributed by atoms with E-state index in [2.05, 4.69) is 0 Å². The Balaban J connectivity index is 4.07. The summed E-state index contributed by atoms with van der Waals surface area (Å²) in [5, 5.41) is 34.2. The van der Waals surface area contributed by atoms with Gasteiger partial charge in [-0.15, -0.1) is 0 Å². The first-order chi connectivity index (χ1) is 5.54. The lowest BCUT2D eigenvalue weighted by Crippen LogP contribution is -2.43. The topological polar surface area (TPSA) is 98.0 Å². The second kappa shape index (κ2) is 5.15. The van der Waals surface area contributed by atoms with Crippen LogP contribution >= 0.6 is 0 Å². The van der Waals surface area contributed by atoms with Crippen molar-refractivity contribution < 1.29 is 29.6 Å². The van der Waals surface area contributed by atoms with E-state index in [-0.39, 0.29) is 6.29 Å².